The van der Waals surface area contributed by atoms with Crippen molar-refractivity contribution in [2.24, 2.45) is 5.92 Å². The highest BCUT2D eigenvalue weighted by Gasteiger charge is 2.33. The van der Waals surface area contributed by atoms with Gasteiger partial charge in [0, 0.05) is 50.5 Å². The van der Waals surface area contributed by atoms with Gasteiger partial charge in [-0.05, 0) is 29.8 Å². The van der Waals surface area contributed by atoms with Crippen molar-refractivity contribution in [2.75, 3.05) is 56.2 Å². The van der Waals surface area contributed by atoms with Crippen molar-refractivity contribution >= 4 is 35.1 Å². The Kier molecular flexibility index (Phi) is 6.31. The second kappa shape index (κ2) is 8.97. The molecule has 1 aromatic carbocycles. The Morgan fingerprint density at radius 3 is 2.65 bits per heavy atom. The van der Waals surface area contributed by atoms with Gasteiger partial charge in [-0.1, -0.05) is 6.07 Å². The Labute approximate surface area is 182 Å². The third-order valence-corrected chi connectivity index (χ3v) is 5.54. The van der Waals surface area contributed by atoms with Crippen molar-refractivity contribution in [3.8, 4) is 0 Å². The SMILES string of the molecule is N=Cc1c(Nc2cccc(C(F)(F)F)c2)nc(Cl)nc1N1CC(CN2CCOCC2)C1. The highest BCUT2D eigenvalue weighted by atomic mass is 35.5. The van der Waals surface area contributed by atoms with Gasteiger partial charge in [-0.25, -0.2) is 0 Å². The number of rotatable bonds is 6. The smallest absolute Gasteiger partial charge is 0.379 e. The fraction of sp³-hybridized carbons (Fsp3) is 0.450. The number of hydrogen-bond acceptors (Lipinski definition) is 7. The van der Waals surface area contributed by atoms with Crippen molar-refractivity contribution in [2.45, 2.75) is 6.18 Å². The quantitative estimate of drug-likeness (QED) is 0.512. The summed E-state index contributed by atoms with van der Waals surface area (Å²) in [4.78, 5) is 12.8. The van der Waals surface area contributed by atoms with E-state index >= 15 is 0 Å². The summed E-state index contributed by atoms with van der Waals surface area (Å²) in [6, 6.07) is 4.80. The highest BCUT2D eigenvalue weighted by Crippen LogP contribution is 2.34. The number of halogens is 4. The molecule has 0 radical (unpaired) electrons. The van der Waals surface area contributed by atoms with Gasteiger partial charge in [0.05, 0.1) is 24.3 Å². The Balaban J connectivity index is 1.50. The molecule has 0 atom stereocenters. The van der Waals surface area contributed by atoms with Crippen molar-refractivity contribution in [3.05, 3.63) is 40.7 Å². The first-order valence-corrected chi connectivity index (χ1v) is 10.3. The maximum absolute atomic E-state index is 13.0. The number of hydrogen-bond donors (Lipinski definition) is 2. The summed E-state index contributed by atoms with van der Waals surface area (Å²) in [5, 5.41) is 10.7. The van der Waals surface area contributed by atoms with E-state index in [1.54, 1.807) is 0 Å². The molecule has 7 nitrogen and oxygen atoms in total. The zero-order valence-electron chi connectivity index (χ0n) is 16.6. The van der Waals surface area contributed by atoms with Crippen molar-refractivity contribution in [3.63, 3.8) is 0 Å². The van der Waals surface area contributed by atoms with Gasteiger partial charge in [0.25, 0.3) is 0 Å². The standard InChI is InChI=1S/C20H22ClF3N6O/c21-19-27-17(26-15-3-1-2-14(8-15)20(22,23)24)16(9-25)18(28-19)30-11-13(12-30)10-29-4-6-31-7-5-29/h1-3,8-9,13,25H,4-7,10-12H2,(H,26,27,28). The summed E-state index contributed by atoms with van der Waals surface area (Å²) in [6.45, 7) is 5.83. The van der Waals surface area contributed by atoms with Crippen LogP contribution < -0.4 is 10.2 Å². The van der Waals surface area contributed by atoms with Gasteiger partial charge in [-0.15, -0.1) is 0 Å². The van der Waals surface area contributed by atoms with Crippen LogP contribution in [0.5, 0.6) is 0 Å². The lowest BCUT2D eigenvalue weighted by molar-refractivity contribution is -0.137. The molecule has 2 N–H and O–H groups in total. The Bertz CT molecular complexity index is 945. The van der Waals surface area contributed by atoms with Crippen LogP contribution >= 0.6 is 11.6 Å². The van der Waals surface area contributed by atoms with E-state index in [1.165, 1.54) is 12.1 Å². The summed E-state index contributed by atoms with van der Waals surface area (Å²) < 4.78 is 44.4. The zero-order chi connectivity index (χ0) is 22.0. The fourth-order valence-corrected chi connectivity index (χ4v) is 3.98. The number of morpholine rings is 1. The summed E-state index contributed by atoms with van der Waals surface area (Å²) >= 11 is 6.10. The number of alkyl halides is 3. The third kappa shape index (κ3) is 5.08. The lowest BCUT2D eigenvalue weighted by atomic mass is 9.98. The van der Waals surface area contributed by atoms with E-state index in [-0.39, 0.29) is 16.8 Å². The summed E-state index contributed by atoms with van der Waals surface area (Å²) in [7, 11) is 0. The number of ether oxygens (including phenoxy) is 1. The first-order valence-electron chi connectivity index (χ1n) is 9.91. The third-order valence-electron chi connectivity index (χ3n) is 5.37. The molecule has 0 bridgehead atoms. The minimum atomic E-state index is -4.45. The molecular weight excluding hydrogens is 433 g/mol. The molecular formula is C20H22ClF3N6O. The highest BCUT2D eigenvalue weighted by molar-refractivity contribution is 6.28. The van der Waals surface area contributed by atoms with Gasteiger partial charge < -0.3 is 20.4 Å². The van der Waals surface area contributed by atoms with E-state index in [4.69, 9.17) is 21.7 Å². The van der Waals surface area contributed by atoms with Gasteiger partial charge in [0.2, 0.25) is 5.28 Å². The molecule has 2 aromatic rings. The van der Waals surface area contributed by atoms with E-state index in [9.17, 15) is 13.2 Å². The number of nitrogens with zero attached hydrogens (tertiary/aromatic N) is 4. The van der Waals surface area contributed by atoms with Crippen LogP contribution in [0.1, 0.15) is 11.1 Å². The average molecular weight is 455 g/mol. The molecule has 2 aliphatic rings. The maximum atomic E-state index is 13.0. The molecule has 0 spiro atoms. The molecule has 3 heterocycles. The van der Waals surface area contributed by atoms with Crippen LogP contribution in [0.3, 0.4) is 0 Å². The normalized spacial score (nSPS) is 18.0. The van der Waals surface area contributed by atoms with Crippen LogP contribution in [0, 0.1) is 11.3 Å². The Hall–Kier alpha value is -2.43. The monoisotopic (exact) mass is 454 g/mol. The number of nitrogens with one attached hydrogen (secondary N) is 2. The van der Waals surface area contributed by atoms with Crippen LogP contribution in [0.2, 0.25) is 5.28 Å². The van der Waals surface area contributed by atoms with Gasteiger partial charge in [-0.2, -0.15) is 23.1 Å². The van der Waals surface area contributed by atoms with E-state index in [0.717, 1.165) is 64.3 Å². The lowest BCUT2D eigenvalue weighted by Gasteiger charge is -2.43. The van der Waals surface area contributed by atoms with Gasteiger partial charge in [0.15, 0.2) is 0 Å². The van der Waals surface area contributed by atoms with Gasteiger partial charge in [0.1, 0.15) is 11.6 Å². The zero-order valence-corrected chi connectivity index (χ0v) is 17.4. The van der Waals surface area contributed by atoms with Crippen LogP contribution in [-0.4, -0.2) is 67.0 Å². The molecule has 4 rings (SSSR count). The summed E-state index contributed by atoms with van der Waals surface area (Å²) in [5.74, 6) is 1.16. The number of anilines is 3. The van der Waals surface area contributed by atoms with E-state index in [2.05, 4.69) is 20.2 Å². The lowest BCUT2D eigenvalue weighted by Crippen LogP contribution is -2.53. The van der Waals surface area contributed by atoms with Gasteiger partial charge >= 0.3 is 6.18 Å². The molecule has 2 saturated heterocycles. The number of aromatic nitrogens is 2. The second-order valence-electron chi connectivity index (χ2n) is 7.61. The largest absolute Gasteiger partial charge is 0.416 e. The number of benzene rings is 1. The van der Waals surface area contributed by atoms with E-state index in [0.29, 0.717) is 17.3 Å². The predicted molar refractivity (Wildman–Crippen MR) is 113 cm³/mol. The fourth-order valence-electron chi connectivity index (χ4n) is 3.82. The van der Waals surface area contributed by atoms with Gasteiger partial charge in [-0.3, -0.25) is 4.90 Å². The molecule has 0 aliphatic carbocycles. The molecule has 0 amide bonds. The molecule has 2 fully saturated rings. The van der Waals surface area contributed by atoms with E-state index < -0.39 is 11.7 Å². The van der Waals surface area contributed by atoms with Crippen molar-refractivity contribution in [1.82, 2.24) is 14.9 Å². The van der Waals surface area contributed by atoms with Crippen LogP contribution in [-0.2, 0) is 10.9 Å². The van der Waals surface area contributed by atoms with E-state index in [1.807, 2.05) is 4.90 Å². The molecule has 1 aromatic heterocycles. The first kappa shape index (κ1) is 21.8. The molecule has 166 valence electrons. The van der Waals surface area contributed by atoms with Crippen molar-refractivity contribution < 1.29 is 17.9 Å². The minimum absolute atomic E-state index is 0.0355. The first-order chi connectivity index (χ1) is 14.8. The summed E-state index contributed by atoms with van der Waals surface area (Å²) in [6.07, 6.45) is -3.36. The maximum Gasteiger partial charge on any atom is 0.416 e. The molecule has 0 saturated carbocycles. The van der Waals surface area contributed by atoms with Crippen LogP contribution in [0.4, 0.5) is 30.5 Å². The van der Waals surface area contributed by atoms with Crippen molar-refractivity contribution in [1.29, 1.82) is 5.41 Å². The van der Waals surface area contributed by atoms with Crippen LogP contribution in [0.25, 0.3) is 0 Å². The second-order valence-corrected chi connectivity index (χ2v) is 7.95. The molecule has 2 aliphatic heterocycles. The molecule has 0 unspecified atom stereocenters. The Morgan fingerprint density at radius 2 is 1.97 bits per heavy atom. The van der Waals surface area contributed by atoms with Crippen LogP contribution in [0.15, 0.2) is 24.3 Å². The molecule has 11 heteroatoms. The molecule has 31 heavy (non-hydrogen) atoms. The predicted octanol–water partition coefficient (Wildman–Crippen LogP) is 3.66. The topological polar surface area (TPSA) is 77.4 Å². The summed E-state index contributed by atoms with van der Waals surface area (Å²) in [5.41, 5.74) is -0.193. The average Bonchev–Trinajstić information content (AvgIpc) is 2.70. The Morgan fingerprint density at radius 1 is 1.23 bits per heavy atom. The minimum Gasteiger partial charge on any atom is -0.379 e.